The van der Waals surface area contributed by atoms with Gasteiger partial charge in [-0.05, 0) is 52.4 Å². The lowest BCUT2D eigenvalue weighted by atomic mass is 9.97. The van der Waals surface area contributed by atoms with E-state index < -0.39 is 24.4 Å². The fourth-order valence-corrected chi connectivity index (χ4v) is 5.77. The highest BCUT2D eigenvalue weighted by Crippen LogP contribution is 2.38. The fraction of sp³-hybridized carbons (Fsp3) is 0.704. The topological polar surface area (TPSA) is 113 Å². The van der Waals surface area contributed by atoms with Gasteiger partial charge < -0.3 is 29.9 Å². The molecule has 0 radical (unpaired) electrons. The Kier molecular flexibility index (Phi) is 7.62. The normalized spacial score (nSPS) is 23.1. The molecular formula is C27H38F3N7O4. The maximum Gasteiger partial charge on any atom is 0.410 e. The summed E-state index contributed by atoms with van der Waals surface area (Å²) in [5.41, 5.74) is 0.746. The van der Waals surface area contributed by atoms with Crippen molar-refractivity contribution in [1.29, 1.82) is 0 Å². The first-order chi connectivity index (χ1) is 19.2. The third-order valence-corrected chi connectivity index (χ3v) is 7.65. The molecule has 11 nitrogen and oxygen atoms in total. The molecule has 2 aromatic heterocycles. The molecule has 0 aliphatic carbocycles. The van der Waals surface area contributed by atoms with Gasteiger partial charge in [-0.15, -0.1) is 0 Å². The molecule has 0 aromatic carbocycles. The van der Waals surface area contributed by atoms with Crippen molar-refractivity contribution in [2.75, 3.05) is 30.3 Å². The largest absolute Gasteiger partial charge is 0.444 e. The Balaban J connectivity index is 1.22. The molecule has 2 unspecified atom stereocenters. The SMILES string of the molecule is CC(C)c1cnn2c(NC3CC4CCC(C3)N4C(=O)OC3CN(C(=O)OC(C)(C)C)C3)cc(NCC(F)(F)F)nc12. The van der Waals surface area contributed by atoms with Gasteiger partial charge in [0.25, 0.3) is 0 Å². The van der Waals surface area contributed by atoms with E-state index in [-0.39, 0.29) is 42.1 Å². The molecule has 41 heavy (non-hydrogen) atoms. The molecule has 2 aromatic rings. The van der Waals surface area contributed by atoms with E-state index in [9.17, 15) is 22.8 Å². The number of ether oxygens (including phenoxy) is 2. The van der Waals surface area contributed by atoms with E-state index >= 15 is 0 Å². The lowest BCUT2D eigenvalue weighted by molar-refractivity contribution is -0.115. The molecule has 0 saturated carbocycles. The van der Waals surface area contributed by atoms with Crippen LogP contribution in [0.1, 0.15) is 71.8 Å². The number of hydrogen-bond acceptors (Lipinski definition) is 8. The number of alkyl halides is 3. The van der Waals surface area contributed by atoms with Gasteiger partial charge in [-0.1, -0.05) is 13.8 Å². The van der Waals surface area contributed by atoms with Crippen molar-refractivity contribution in [2.24, 2.45) is 0 Å². The van der Waals surface area contributed by atoms with E-state index in [4.69, 9.17) is 9.47 Å². The van der Waals surface area contributed by atoms with E-state index in [0.29, 0.717) is 37.4 Å². The monoisotopic (exact) mass is 581 g/mol. The molecule has 2 amide bonds. The van der Waals surface area contributed by atoms with Crippen LogP contribution in [0.2, 0.25) is 0 Å². The first-order valence-corrected chi connectivity index (χ1v) is 14.1. The molecule has 5 rings (SSSR count). The van der Waals surface area contributed by atoms with Gasteiger partial charge in [-0.2, -0.15) is 22.8 Å². The fourth-order valence-electron chi connectivity index (χ4n) is 5.77. The number of aromatic nitrogens is 3. The van der Waals surface area contributed by atoms with Gasteiger partial charge in [0.2, 0.25) is 0 Å². The van der Waals surface area contributed by atoms with Crippen LogP contribution in [-0.4, -0.2) is 92.2 Å². The maximum absolute atomic E-state index is 13.1. The van der Waals surface area contributed by atoms with Gasteiger partial charge in [-0.25, -0.2) is 14.6 Å². The number of piperidine rings is 1. The number of amides is 2. The number of hydrogen-bond donors (Lipinski definition) is 2. The molecule has 3 fully saturated rings. The average molecular weight is 582 g/mol. The molecule has 14 heteroatoms. The number of halogens is 3. The molecule has 3 aliphatic rings. The van der Waals surface area contributed by atoms with E-state index in [1.807, 2.05) is 18.7 Å². The van der Waals surface area contributed by atoms with Crippen LogP contribution in [0.4, 0.5) is 34.4 Å². The van der Waals surface area contributed by atoms with Crippen LogP contribution in [0.25, 0.3) is 5.65 Å². The average Bonchev–Trinajstić information content (AvgIpc) is 3.37. The van der Waals surface area contributed by atoms with E-state index in [1.165, 1.54) is 4.90 Å². The van der Waals surface area contributed by atoms with Gasteiger partial charge in [0.15, 0.2) is 5.65 Å². The summed E-state index contributed by atoms with van der Waals surface area (Å²) >= 11 is 0. The zero-order valence-corrected chi connectivity index (χ0v) is 24.0. The van der Waals surface area contributed by atoms with Crippen LogP contribution < -0.4 is 10.6 Å². The van der Waals surface area contributed by atoms with Gasteiger partial charge >= 0.3 is 18.4 Å². The van der Waals surface area contributed by atoms with Gasteiger partial charge in [-0.3, -0.25) is 0 Å². The molecular weight excluding hydrogens is 543 g/mol. The van der Waals surface area contributed by atoms with Crippen molar-refractivity contribution in [3.8, 4) is 0 Å². The Morgan fingerprint density at radius 1 is 1.10 bits per heavy atom. The van der Waals surface area contributed by atoms with E-state index in [1.54, 1.807) is 37.5 Å². The Hall–Kier alpha value is -3.45. The predicted octanol–water partition coefficient (Wildman–Crippen LogP) is 4.99. The Morgan fingerprint density at radius 3 is 2.34 bits per heavy atom. The Morgan fingerprint density at radius 2 is 1.76 bits per heavy atom. The molecule has 2 atom stereocenters. The summed E-state index contributed by atoms with van der Waals surface area (Å²) in [6, 6.07) is 1.48. The molecule has 2 bridgehead atoms. The molecule has 226 valence electrons. The highest BCUT2D eigenvalue weighted by Gasteiger charge is 2.46. The Labute approximate surface area is 236 Å². The number of anilines is 2. The molecule has 2 N–H and O–H groups in total. The van der Waals surface area contributed by atoms with Crippen LogP contribution in [0.15, 0.2) is 12.3 Å². The minimum atomic E-state index is -4.38. The van der Waals surface area contributed by atoms with Crippen molar-refractivity contribution < 1.29 is 32.2 Å². The number of carbonyl (C=O) groups excluding carboxylic acids is 2. The number of likely N-dealkylation sites (tertiary alicyclic amines) is 1. The van der Waals surface area contributed by atoms with Crippen molar-refractivity contribution in [1.82, 2.24) is 24.4 Å². The highest BCUT2D eigenvalue weighted by atomic mass is 19.4. The summed E-state index contributed by atoms with van der Waals surface area (Å²) < 4.78 is 51.4. The minimum Gasteiger partial charge on any atom is -0.444 e. The third kappa shape index (κ3) is 6.56. The summed E-state index contributed by atoms with van der Waals surface area (Å²) in [7, 11) is 0. The lowest BCUT2D eigenvalue weighted by Gasteiger charge is -2.42. The van der Waals surface area contributed by atoms with Crippen molar-refractivity contribution >= 4 is 29.5 Å². The van der Waals surface area contributed by atoms with Crippen molar-refractivity contribution in [3.63, 3.8) is 0 Å². The number of carbonyl (C=O) groups is 2. The van der Waals surface area contributed by atoms with E-state index in [2.05, 4.69) is 20.7 Å². The van der Waals surface area contributed by atoms with E-state index in [0.717, 1.165) is 18.4 Å². The summed E-state index contributed by atoms with van der Waals surface area (Å²) in [6.07, 6.45) is -0.837. The van der Waals surface area contributed by atoms with Gasteiger partial charge in [0.05, 0.1) is 19.3 Å². The second kappa shape index (κ2) is 10.8. The molecule has 3 aliphatic heterocycles. The van der Waals surface area contributed by atoms with Crippen LogP contribution in [0.3, 0.4) is 0 Å². The summed E-state index contributed by atoms with van der Waals surface area (Å²) in [4.78, 5) is 33.0. The first-order valence-electron chi connectivity index (χ1n) is 14.1. The summed E-state index contributed by atoms with van der Waals surface area (Å²) in [5.74, 6) is 0.746. The standard InChI is InChI=1S/C27H38F3N7O4/c1-15(2)20-11-32-37-22(10-21(34-23(20)37)31-14-27(28,29)30)33-16-8-17-6-7-18(9-16)36(17)25(39)40-19-12-35(13-19)24(38)41-26(3,4)5/h10-11,15-19,33H,6-9,12-14H2,1-5H3,(H,31,34). The predicted molar refractivity (Wildman–Crippen MR) is 145 cm³/mol. The van der Waals surface area contributed by atoms with Crippen molar-refractivity contribution in [3.05, 3.63) is 17.8 Å². The third-order valence-electron chi connectivity index (χ3n) is 7.65. The lowest BCUT2D eigenvalue weighted by Crippen LogP contribution is -2.58. The number of rotatable bonds is 6. The second-order valence-electron chi connectivity index (χ2n) is 12.5. The van der Waals surface area contributed by atoms with Gasteiger partial charge in [0.1, 0.15) is 29.9 Å². The van der Waals surface area contributed by atoms with Crippen LogP contribution in [0, 0.1) is 0 Å². The van der Waals surface area contributed by atoms with Gasteiger partial charge in [0, 0.05) is 29.8 Å². The summed E-state index contributed by atoms with van der Waals surface area (Å²) in [6.45, 7) is 8.78. The van der Waals surface area contributed by atoms with Crippen LogP contribution in [0.5, 0.6) is 0 Å². The molecule has 3 saturated heterocycles. The highest BCUT2D eigenvalue weighted by molar-refractivity contribution is 5.72. The molecule has 0 spiro atoms. The Bertz CT molecular complexity index is 1270. The molecule has 5 heterocycles. The van der Waals surface area contributed by atoms with Crippen LogP contribution >= 0.6 is 0 Å². The zero-order chi connectivity index (χ0) is 29.7. The number of nitrogens with one attached hydrogen (secondary N) is 2. The van der Waals surface area contributed by atoms with Crippen molar-refractivity contribution in [2.45, 2.75) is 102 Å². The summed E-state index contributed by atoms with van der Waals surface area (Å²) in [5, 5.41) is 10.3. The smallest absolute Gasteiger partial charge is 0.410 e. The number of fused-ring (bicyclic) bond motifs is 3. The minimum absolute atomic E-state index is 0.0179. The number of nitrogens with zero attached hydrogens (tertiary/aromatic N) is 5. The second-order valence-corrected chi connectivity index (χ2v) is 12.5. The zero-order valence-electron chi connectivity index (χ0n) is 24.0. The van der Waals surface area contributed by atoms with Crippen LogP contribution in [-0.2, 0) is 9.47 Å². The first kappa shape index (κ1) is 29.1. The maximum atomic E-state index is 13.1. The quantitative estimate of drug-likeness (QED) is 0.491.